The molecule has 26 heavy (non-hydrogen) atoms. The van der Waals surface area contributed by atoms with Crippen molar-refractivity contribution >= 4 is 34.6 Å². The first-order valence-corrected chi connectivity index (χ1v) is 7.86. The smallest absolute Gasteiger partial charge is 0.326 e. The number of nitrogens with one attached hydrogen (secondary N) is 2. The topological polar surface area (TPSA) is 123 Å². The maximum Gasteiger partial charge on any atom is 0.326 e. The summed E-state index contributed by atoms with van der Waals surface area (Å²) in [5.74, 6) is -1.33. The molecule has 1 aromatic carbocycles. The number of aromatic nitrogens is 1. The van der Waals surface area contributed by atoms with Crippen molar-refractivity contribution in [3.8, 4) is 0 Å². The molecule has 0 saturated carbocycles. The minimum absolute atomic E-state index is 0.0980. The number of carbonyl (C=O) groups is 2. The standard InChI is InChI=1S/C17H16N4O5/c1-3-26-16(23)17(2)11-8-14(21(24)25)13(9-12(11)20-15(17)22)19-10-4-6-18-7-5-10/h4-9H,3H2,1-2H3,(H,18,19)(H,20,22). The van der Waals surface area contributed by atoms with Crippen molar-refractivity contribution in [3.63, 3.8) is 0 Å². The van der Waals surface area contributed by atoms with Crippen LogP contribution in [0.2, 0.25) is 0 Å². The summed E-state index contributed by atoms with van der Waals surface area (Å²) in [7, 11) is 0. The van der Waals surface area contributed by atoms with Crippen molar-refractivity contribution in [2.24, 2.45) is 0 Å². The summed E-state index contributed by atoms with van der Waals surface area (Å²) in [5, 5.41) is 17.1. The van der Waals surface area contributed by atoms with E-state index in [1.54, 1.807) is 31.5 Å². The normalized spacial score (nSPS) is 18.0. The zero-order valence-corrected chi connectivity index (χ0v) is 14.1. The highest BCUT2D eigenvalue weighted by Crippen LogP contribution is 2.44. The van der Waals surface area contributed by atoms with Gasteiger partial charge in [-0.05, 0) is 32.0 Å². The van der Waals surface area contributed by atoms with Gasteiger partial charge >= 0.3 is 5.97 Å². The molecule has 0 radical (unpaired) electrons. The van der Waals surface area contributed by atoms with E-state index in [1.807, 2.05) is 0 Å². The number of esters is 1. The van der Waals surface area contributed by atoms with E-state index >= 15 is 0 Å². The van der Waals surface area contributed by atoms with Crippen molar-refractivity contribution < 1.29 is 19.2 Å². The second-order valence-electron chi connectivity index (χ2n) is 5.83. The molecule has 0 saturated heterocycles. The summed E-state index contributed by atoms with van der Waals surface area (Å²) >= 11 is 0. The maximum atomic E-state index is 12.4. The summed E-state index contributed by atoms with van der Waals surface area (Å²) in [6.45, 7) is 3.12. The van der Waals surface area contributed by atoms with Gasteiger partial charge in [0, 0.05) is 35.4 Å². The van der Waals surface area contributed by atoms with Crippen LogP contribution in [-0.2, 0) is 19.7 Å². The van der Waals surface area contributed by atoms with E-state index in [-0.39, 0.29) is 23.5 Å². The minimum Gasteiger partial charge on any atom is -0.465 e. The fourth-order valence-electron chi connectivity index (χ4n) is 2.79. The van der Waals surface area contributed by atoms with Gasteiger partial charge in [-0.1, -0.05) is 0 Å². The van der Waals surface area contributed by atoms with Crippen LogP contribution in [0.5, 0.6) is 0 Å². The van der Waals surface area contributed by atoms with Crippen LogP contribution < -0.4 is 10.6 Å². The van der Waals surface area contributed by atoms with Gasteiger partial charge in [0.15, 0.2) is 5.41 Å². The van der Waals surface area contributed by atoms with Crippen molar-refractivity contribution in [1.82, 2.24) is 4.98 Å². The molecule has 2 aromatic rings. The number of nitrogens with zero attached hydrogens (tertiary/aromatic N) is 2. The Labute approximate surface area is 148 Å². The van der Waals surface area contributed by atoms with Gasteiger partial charge in [-0.2, -0.15) is 0 Å². The van der Waals surface area contributed by atoms with Crippen LogP contribution in [0.1, 0.15) is 19.4 Å². The summed E-state index contributed by atoms with van der Waals surface area (Å²) < 4.78 is 4.99. The van der Waals surface area contributed by atoms with E-state index in [9.17, 15) is 19.7 Å². The van der Waals surface area contributed by atoms with Crippen molar-refractivity contribution in [1.29, 1.82) is 0 Å². The van der Waals surface area contributed by atoms with Crippen molar-refractivity contribution in [2.45, 2.75) is 19.3 Å². The van der Waals surface area contributed by atoms with Crippen LogP contribution >= 0.6 is 0 Å². The third-order valence-electron chi connectivity index (χ3n) is 4.22. The van der Waals surface area contributed by atoms with E-state index in [1.165, 1.54) is 19.1 Å². The lowest BCUT2D eigenvalue weighted by Crippen LogP contribution is -2.40. The quantitative estimate of drug-likeness (QED) is 0.365. The largest absolute Gasteiger partial charge is 0.465 e. The number of fused-ring (bicyclic) bond motifs is 1. The zero-order chi connectivity index (χ0) is 18.9. The molecular weight excluding hydrogens is 340 g/mol. The lowest BCUT2D eigenvalue weighted by molar-refractivity contribution is -0.384. The molecule has 2 N–H and O–H groups in total. The molecule has 0 aliphatic carbocycles. The highest BCUT2D eigenvalue weighted by molar-refractivity contribution is 6.19. The van der Waals surface area contributed by atoms with E-state index in [0.29, 0.717) is 11.4 Å². The molecule has 3 rings (SSSR count). The van der Waals surface area contributed by atoms with Crippen LogP contribution in [0.25, 0.3) is 0 Å². The fourth-order valence-corrected chi connectivity index (χ4v) is 2.79. The van der Waals surface area contributed by atoms with Crippen LogP contribution in [-0.4, -0.2) is 28.4 Å². The number of anilines is 3. The second-order valence-corrected chi connectivity index (χ2v) is 5.83. The van der Waals surface area contributed by atoms with E-state index in [4.69, 9.17) is 4.74 Å². The first kappa shape index (κ1) is 17.3. The predicted octanol–water partition coefficient (Wildman–Crippen LogP) is 2.51. The first-order chi connectivity index (χ1) is 12.4. The van der Waals surface area contributed by atoms with Gasteiger partial charge in [-0.15, -0.1) is 0 Å². The number of amides is 1. The fraction of sp³-hybridized carbons (Fsp3) is 0.235. The number of rotatable bonds is 5. The average Bonchev–Trinajstić information content (AvgIpc) is 2.86. The second kappa shape index (κ2) is 6.43. The van der Waals surface area contributed by atoms with E-state index in [0.717, 1.165) is 0 Å². The third-order valence-corrected chi connectivity index (χ3v) is 4.22. The molecule has 1 aromatic heterocycles. The molecular formula is C17H16N4O5. The van der Waals surface area contributed by atoms with Crippen LogP contribution in [0.4, 0.5) is 22.7 Å². The van der Waals surface area contributed by atoms with Gasteiger partial charge < -0.3 is 15.4 Å². The predicted molar refractivity (Wildman–Crippen MR) is 93.2 cm³/mol. The number of carbonyl (C=O) groups excluding carboxylic acids is 2. The molecule has 0 fully saturated rings. The monoisotopic (exact) mass is 356 g/mol. The van der Waals surface area contributed by atoms with Crippen molar-refractivity contribution in [3.05, 3.63) is 52.3 Å². The van der Waals surface area contributed by atoms with Crippen LogP contribution in [0.3, 0.4) is 0 Å². The number of nitro benzene ring substituents is 1. The zero-order valence-electron chi connectivity index (χ0n) is 14.1. The molecule has 0 bridgehead atoms. The maximum absolute atomic E-state index is 12.4. The number of pyridine rings is 1. The molecule has 0 spiro atoms. The number of benzene rings is 1. The number of nitro groups is 1. The number of ether oxygens (including phenoxy) is 1. The van der Waals surface area contributed by atoms with Gasteiger partial charge in [-0.25, -0.2) is 0 Å². The highest BCUT2D eigenvalue weighted by Gasteiger charge is 2.51. The van der Waals surface area contributed by atoms with Crippen molar-refractivity contribution in [2.75, 3.05) is 17.2 Å². The molecule has 2 heterocycles. The summed E-state index contributed by atoms with van der Waals surface area (Å²) in [6, 6.07) is 5.97. The van der Waals surface area contributed by atoms with Gasteiger partial charge in [-0.3, -0.25) is 24.7 Å². The molecule has 1 aliphatic heterocycles. The highest BCUT2D eigenvalue weighted by atomic mass is 16.6. The Bertz CT molecular complexity index is 900. The SMILES string of the molecule is CCOC(=O)C1(C)C(=O)Nc2cc(Nc3ccncc3)c([N+](=O)[O-])cc21. The molecule has 1 amide bonds. The molecule has 9 heteroatoms. The molecule has 9 nitrogen and oxygen atoms in total. The van der Waals surface area contributed by atoms with Gasteiger partial charge in [0.1, 0.15) is 5.69 Å². The van der Waals surface area contributed by atoms with Gasteiger partial charge in [0.05, 0.1) is 11.5 Å². The molecule has 134 valence electrons. The Morgan fingerprint density at radius 3 is 2.69 bits per heavy atom. The lowest BCUT2D eigenvalue weighted by Gasteiger charge is -2.20. The van der Waals surface area contributed by atoms with Crippen LogP contribution in [0.15, 0.2) is 36.7 Å². The Balaban J connectivity index is 2.10. The van der Waals surface area contributed by atoms with Gasteiger partial charge in [0.25, 0.3) is 5.69 Å². The summed E-state index contributed by atoms with van der Waals surface area (Å²) in [4.78, 5) is 39.6. The third kappa shape index (κ3) is 2.73. The number of hydrogen-bond acceptors (Lipinski definition) is 7. The Morgan fingerprint density at radius 2 is 2.08 bits per heavy atom. The first-order valence-electron chi connectivity index (χ1n) is 7.86. The Kier molecular flexibility index (Phi) is 4.29. The summed E-state index contributed by atoms with van der Waals surface area (Å²) in [5.41, 5.74) is -0.562. The Hall–Kier alpha value is -3.49. The molecule has 1 unspecified atom stereocenters. The van der Waals surface area contributed by atoms with Crippen LogP contribution in [0, 0.1) is 10.1 Å². The van der Waals surface area contributed by atoms with E-state index in [2.05, 4.69) is 15.6 Å². The molecule has 1 aliphatic rings. The average molecular weight is 356 g/mol. The minimum atomic E-state index is -1.63. The lowest BCUT2D eigenvalue weighted by atomic mass is 9.83. The number of hydrogen-bond donors (Lipinski definition) is 2. The Morgan fingerprint density at radius 1 is 1.38 bits per heavy atom. The molecule has 1 atom stereocenters. The van der Waals surface area contributed by atoms with Gasteiger partial charge in [0.2, 0.25) is 5.91 Å². The van der Waals surface area contributed by atoms with E-state index < -0.39 is 22.2 Å². The summed E-state index contributed by atoms with van der Waals surface area (Å²) in [6.07, 6.45) is 3.09.